The Hall–Kier alpha value is -1.13. The van der Waals surface area contributed by atoms with Crippen LogP contribution in [0.1, 0.15) is 32.3 Å². The Labute approximate surface area is 116 Å². The molecule has 1 aromatic heterocycles. The van der Waals surface area contributed by atoms with Gasteiger partial charge in [-0.2, -0.15) is 0 Å². The molecule has 1 aliphatic rings. The van der Waals surface area contributed by atoms with Gasteiger partial charge in [-0.05, 0) is 64.9 Å². The smallest absolute Gasteiger partial charge is 0.126 e. The highest BCUT2D eigenvalue weighted by Crippen LogP contribution is 2.26. The fraction of sp³-hybridized carbons (Fsp3) is 0.667. The summed E-state index contributed by atoms with van der Waals surface area (Å²) in [5.41, 5.74) is 7.23. The van der Waals surface area contributed by atoms with E-state index in [9.17, 15) is 0 Å². The van der Waals surface area contributed by atoms with Gasteiger partial charge in [0.15, 0.2) is 0 Å². The van der Waals surface area contributed by atoms with Crippen LogP contribution in [0, 0.1) is 0 Å². The van der Waals surface area contributed by atoms with Gasteiger partial charge >= 0.3 is 0 Å². The van der Waals surface area contributed by atoms with Crippen LogP contribution >= 0.6 is 0 Å². The summed E-state index contributed by atoms with van der Waals surface area (Å²) in [4.78, 5) is 6.77. The number of aromatic nitrogens is 1. The molecule has 0 saturated carbocycles. The minimum Gasteiger partial charge on any atom is -0.383 e. The molecule has 2 heterocycles. The minimum atomic E-state index is 0.132. The van der Waals surface area contributed by atoms with Crippen molar-refractivity contribution in [1.29, 1.82) is 0 Å². The van der Waals surface area contributed by atoms with Crippen molar-refractivity contribution in [2.75, 3.05) is 25.9 Å². The van der Waals surface area contributed by atoms with Gasteiger partial charge < -0.3 is 11.1 Å². The lowest BCUT2D eigenvalue weighted by Gasteiger charge is -2.42. The lowest BCUT2D eigenvalue weighted by molar-refractivity contribution is 0.110. The SMILES string of the molecule is CNC(Cc1cccnc1N)C(C)(C)N1CCCC1. The third-order valence-electron chi connectivity index (χ3n) is 4.47. The van der Waals surface area contributed by atoms with Crippen LogP contribution in [0.4, 0.5) is 5.82 Å². The van der Waals surface area contributed by atoms with Crippen molar-refractivity contribution in [3.8, 4) is 0 Å². The van der Waals surface area contributed by atoms with Crippen LogP contribution in [0.3, 0.4) is 0 Å². The number of hydrogen-bond donors (Lipinski definition) is 2. The van der Waals surface area contributed by atoms with Crippen molar-refractivity contribution in [2.45, 2.75) is 44.7 Å². The number of likely N-dealkylation sites (N-methyl/N-ethyl adjacent to an activating group) is 1. The van der Waals surface area contributed by atoms with Gasteiger partial charge in [0, 0.05) is 17.8 Å². The summed E-state index contributed by atoms with van der Waals surface area (Å²) in [7, 11) is 2.04. The van der Waals surface area contributed by atoms with Crippen molar-refractivity contribution in [3.05, 3.63) is 23.9 Å². The van der Waals surface area contributed by atoms with E-state index in [2.05, 4.69) is 35.1 Å². The van der Waals surface area contributed by atoms with E-state index in [1.54, 1.807) is 6.20 Å². The van der Waals surface area contributed by atoms with Crippen LogP contribution < -0.4 is 11.1 Å². The summed E-state index contributed by atoms with van der Waals surface area (Å²) in [6, 6.07) is 4.41. The Morgan fingerprint density at radius 3 is 2.68 bits per heavy atom. The first-order chi connectivity index (χ1) is 9.05. The highest BCUT2D eigenvalue weighted by Gasteiger charge is 2.36. The Morgan fingerprint density at radius 2 is 2.11 bits per heavy atom. The molecule has 2 rings (SSSR count). The van der Waals surface area contributed by atoms with Gasteiger partial charge in [-0.3, -0.25) is 4.90 Å². The number of rotatable bonds is 5. The standard InChI is InChI=1S/C15H26N4/c1-15(2,19-9-4-5-10-19)13(17-3)11-12-7-6-8-18-14(12)16/h6-8,13,17H,4-5,9-11H2,1-3H3,(H2,16,18). The molecule has 0 amide bonds. The molecule has 0 radical (unpaired) electrons. The van der Waals surface area contributed by atoms with Crippen LogP contribution in [0.15, 0.2) is 18.3 Å². The van der Waals surface area contributed by atoms with E-state index in [0.717, 1.165) is 12.0 Å². The lowest BCUT2D eigenvalue weighted by atomic mass is 9.88. The predicted molar refractivity (Wildman–Crippen MR) is 80.1 cm³/mol. The third-order valence-corrected chi connectivity index (χ3v) is 4.47. The van der Waals surface area contributed by atoms with Crippen LogP contribution in [0.25, 0.3) is 0 Å². The molecule has 1 aliphatic heterocycles. The predicted octanol–water partition coefficient (Wildman–Crippen LogP) is 1.67. The van der Waals surface area contributed by atoms with Crippen LogP contribution in [0.2, 0.25) is 0 Å². The van der Waals surface area contributed by atoms with Crippen molar-refractivity contribution in [1.82, 2.24) is 15.2 Å². The average molecular weight is 262 g/mol. The third kappa shape index (κ3) is 3.07. The Balaban J connectivity index is 2.13. The highest BCUT2D eigenvalue weighted by molar-refractivity contribution is 5.39. The van der Waals surface area contributed by atoms with E-state index in [1.807, 2.05) is 13.1 Å². The second-order valence-corrected chi connectivity index (χ2v) is 5.94. The zero-order valence-corrected chi connectivity index (χ0v) is 12.3. The molecule has 1 unspecified atom stereocenters. The molecule has 4 nitrogen and oxygen atoms in total. The molecule has 1 atom stereocenters. The van der Waals surface area contributed by atoms with Crippen molar-refractivity contribution in [3.63, 3.8) is 0 Å². The largest absolute Gasteiger partial charge is 0.383 e. The van der Waals surface area contributed by atoms with Gasteiger partial charge in [0.1, 0.15) is 5.82 Å². The molecule has 19 heavy (non-hydrogen) atoms. The molecule has 3 N–H and O–H groups in total. The second-order valence-electron chi connectivity index (χ2n) is 5.94. The van der Waals surface area contributed by atoms with Crippen LogP contribution in [-0.4, -0.2) is 41.6 Å². The normalized spacial score (nSPS) is 18.7. The summed E-state index contributed by atoms with van der Waals surface area (Å²) in [5, 5.41) is 3.47. The van der Waals surface area contributed by atoms with E-state index in [1.165, 1.54) is 25.9 Å². The molecule has 0 bridgehead atoms. The number of nitrogens with two attached hydrogens (primary N) is 1. The number of nitrogens with one attached hydrogen (secondary N) is 1. The molecule has 1 aromatic rings. The van der Waals surface area contributed by atoms with Crippen molar-refractivity contribution < 1.29 is 0 Å². The van der Waals surface area contributed by atoms with Gasteiger partial charge in [-0.25, -0.2) is 4.98 Å². The quantitative estimate of drug-likeness (QED) is 0.847. The summed E-state index contributed by atoms with van der Waals surface area (Å²) in [6.45, 7) is 7.06. The van der Waals surface area contributed by atoms with E-state index >= 15 is 0 Å². The first kappa shape index (κ1) is 14.3. The number of anilines is 1. The van der Waals surface area contributed by atoms with E-state index in [4.69, 9.17) is 5.73 Å². The van der Waals surface area contributed by atoms with E-state index in [0.29, 0.717) is 11.9 Å². The van der Waals surface area contributed by atoms with Gasteiger partial charge in [-0.15, -0.1) is 0 Å². The number of nitrogens with zero attached hydrogens (tertiary/aromatic N) is 2. The van der Waals surface area contributed by atoms with E-state index < -0.39 is 0 Å². The maximum Gasteiger partial charge on any atom is 0.126 e. The van der Waals surface area contributed by atoms with Crippen LogP contribution in [0.5, 0.6) is 0 Å². The Morgan fingerprint density at radius 1 is 1.42 bits per heavy atom. The van der Waals surface area contributed by atoms with Gasteiger partial charge in [0.2, 0.25) is 0 Å². The zero-order valence-electron chi connectivity index (χ0n) is 12.3. The van der Waals surface area contributed by atoms with Gasteiger partial charge in [0.25, 0.3) is 0 Å². The van der Waals surface area contributed by atoms with E-state index in [-0.39, 0.29) is 5.54 Å². The van der Waals surface area contributed by atoms with Crippen molar-refractivity contribution in [2.24, 2.45) is 0 Å². The molecule has 0 aromatic carbocycles. The lowest BCUT2D eigenvalue weighted by Crippen LogP contribution is -2.57. The fourth-order valence-corrected chi connectivity index (χ4v) is 3.06. The number of pyridine rings is 1. The molecule has 106 valence electrons. The number of nitrogen functional groups attached to an aromatic ring is 1. The van der Waals surface area contributed by atoms with Crippen LogP contribution in [-0.2, 0) is 6.42 Å². The molecule has 0 aliphatic carbocycles. The fourth-order valence-electron chi connectivity index (χ4n) is 3.06. The van der Waals surface area contributed by atoms with Crippen molar-refractivity contribution >= 4 is 5.82 Å². The first-order valence-corrected chi connectivity index (χ1v) is 7.17. The highest BCUT2D eigenvalue weighted by atomic mass is 15.2. The summed E-state index contributed by atoms with van der Waals surface area (Å²) in [6.07, 6.45) is 5.29. The average Bonchev–Trinajstić information content (AvgIpc) is 2.92. The molecular weight excluding hydrogens is 236 g/mol. The Kier molecular flexibility index (Phi) is 4.42. The molecule has 1 fully saturated rings. The molecule has 1 saturated heterocycles. The first-order valence-electron chi connectivity index (χ1n) is 7.17. The second kappa shape index (κ2) is 5.88. The number of likely N-dealkylation sites (tertiary alicyclic amines) is 1. The summed E-state index contributed by atoms with van der Waals surface area (Å²) < 4.78 is 0. The zero-order chi connectivity index (χ0) is 13.9. The maximum absolute atomic E-state index is 5.97. The topological polar surface area (TPSA) is 54.2 Å². The summed E-state index contributed by atoms with van der Waals surface area (Å²) >= 11 is 0. The van der Waals surface area contributed by atoms with Gasteiger partial charge in [-0.1, -0.05) is 6.07 Å². The summed E-state index contributed by atoms with van der Waals surface area (Å²) in [5.74, 6) is 0.653. The number of hydrogen-bond acceptors (Lipinski definition) is 4. The Bertz CT molecular complexity index is 410. The monoisotopic (exact) mass is 262 g/mol. The molecule has 0 spiro atoms. The maximum atomic E-state index is 5.97. The van der Waals surface area contributed by atoms with Gasteiger partial charge in [0.05, 0.1) is 0 Å². The minimum absolute atomic E-state index is 0.132. The molecular formula is C15H26N4. The molecule has 4 heteroatoms.